The normalized spacial score (nSPS) is 18.7. The van der Waals surface area contributed by atoms with Crippen LogP contribution in [0.4, 0.5) is 0 Å². The molecule has 1 amide bonds. The quantitative estimate of drug-likeness (QED) is 0.766. The number of imidazole rings is 1. The number of benzene rings is 1. The fraction of sp³-hybridized carbons (Fsp3) is 0.524. The number of amides is 1. The van der Waals surface area contributed by atoms with Crippen LogP contribution in [0, 0.1) is 0 Å². The molecule has 0 saturated carbocycles. The van der Waals surface area contributed by atoms with Gasteiger partial charge in [0.05, 0.1) is 0 Å². The van der Waals surface area contributed by atoms with Gasteiger partial charge in [-0.1, -0.05) is 0 Å². The minimum absolute atomic E-state index is 0.0497. The van der Waals surface area contributed by atoms with Crippen molar-refractivity contribution in [1.29, 1.82) is 0 Å². The molecule has 2 aromatic rings. The van der Waals surface area contributed by atoms with Crippen LogP contribution < -0.4 is 9.47 Å². The van der Waals surface area contributed by atoms with E-state index in [-0.39, 0.29) is 18.6 Å². The lowest BCUT2D eigenvalue weighted by atomic mass is 9.96. The number of ether oxygens (including phenoxy) is 2. The van der Waals surface area contributed by atoms with Crippen molar-refractivity contribution in [3.05, 3.63) is 42.0 Å². The lowest BCUT2D eigenvalue weighted by Crippen LogP contribution is -2.39. The van der Waals surface area contributed by atoms with Crippen molar-refractivity contribution < 1.29 is 14.3 Å². The van der Waals surface area contributed by atoms with Crippen LogP contribution in [0.1, 0.15) is 41.4 Å². The van der Waals surface area contributed by atoms with Gasteiger partial charge in [-0.15, -0.1) is 0 Å². The highest BCUT2D eigenvalue weighted by Crippen LogP contribution is 2.33. The Hall–Kier alpha value is -2.54. The largest absolute Gasteiger partial charge is 0.454 e. The van der Waals surface area contributed by atoms with Gasteiger partial charge in [-0.05, 0) is 58.1 Å². The Bertz CT molecular complexity index is 833. The molecule has 7 heteroatoms. The van der Waals surface area contributed by atoms with E-state index >= 15 is 0 Å². The van der Waals surface area contributed by atoms with Gasteiger partial charge in [0.1, 0.15) is 5.82 Å². The van der Waals surface area contributed by atoms with Crippen molar-refractivity contribution in [2.75, 3.05) is 40.5 Å². The third-order valence-corrected chi connectivity index (χ3v) is 5.45. The minimum Gasteiger partial charge on any atom is -0.454 e. The summed E-state index contributed by atoms with van der Waals surface area (Å²) < 4.78 is 13.0. The predicted octanol–water partition coefficient (Wildman–Crippen LogP) is 2.58. The molecule has 0 radical (unpaired) electrons. The van der Waals surface area contributed by atoms with Crippen molar-refractivity contribution >= 4 is 5.91 Å². The number of hydrogen-bond donors (Lipinski definition) is 0. The third-order valence-electron chi connectivity index (χ3n) is 5.45. The zero-order valence-corrected chi connectivity index (χ0v) is 16.6. The first kappa shape index (κ1) is 18.8. The number of piperidine rings is 1. The second kappa shape index (κ2) is 8.22. The first-order valence-corrected chi connectivity index (χ1v) is 9.96. The summed E-state index contributed by atoms with van der Waals surface area (Å²) in [4.78, 5) is 21.8. The number of nitrogens with zero attached hydrogens (tertiary/aromatic N) is 4. The van der Waals surface area contributed by atoms with Crippen molar-refractivity contribution in [1.82, 2.24) is 19.4 Å². The first-order chi connectivity index (χ1) is 13.6. The highest BCUT2D eigenvalue weighted by atomic mass is 16.7. The molecule has 0 N–H and O–H groups in total. The van der Waals surface area contributed by atoms with Crippen LogP contribution in [0.15, 0.2) is 30.6 Å². The van der Waals surface area contributed by atoms with E-state index in [1.54, 1.807) is 6.07 Å². The van der Waals surface area contributed by atoms with Gasteiger partial charge in [0.2, 0.25) is 6.79 Å². The topological polar surface area (TPSA) is 59.8 Å². The number of carbonyl (C=O) groups excluding carboxylic acids is 1. The number of hydrogen-bond acceptors (Lipinski definition) is 5. The maximum Gasteiger partial charge on any atom is 0.254 e. The molecule has 2 aliphatic rings. The van der Waals surface area contributed by atoms with Gasteiger partial charge < -0.3 is 23.8 Å². The highest BCUT2D eigenvalue weighted by molar-refractivity contribution is 5.95. The second-order valence-electron chi connectivity index (χ2n) is 7.79. The molecule has 0 aliphatic carbocycles. The smallest absolute Gasteiger partial charge is 0.254 e. The summed E-state index contributed by atoms with van der Waals surface area (Å²) in [5, 5.41) is 0. The SMILES string of the molecule is CN(C)CCCn1ccnc1C1CCCN(C(=O)c2ccc3c(c2)OCO3)C1. The maximum absolute atomic E-state index is 13.0. The van der Waals surface area contributed by atoms with E-state index in [1.165, 1.54) is 0 Å². The van der Waals surface area contributed by atoms with Crippen molar-refractivity contribution in [3.8, 4) is 11.5 Å². The van der Waals surface area contributed by atoms with Gasteiger partial charge >= 0.3 is 0 Å². The molecule has 1 aromatic carbocycles. The van der Waals surface area contributed by atoms with E-state index in [2.05, 4.69) is 34.7 Å². The van der Waals surface area contributed by atoms with Crippen LogP contribution in [-0.2, 0) is 6.54 Å². The van der Waals surface area contributed by atoms with Crippen LogP contribution in [0.3, 0.4) is 0 Å². The van der Waals surface area contributed by atoms with Crippen LogP contribution >= 0.6 is 0 Å². The summed E-state index contributed by atoms with van der Waals surface area (Å²) in [5.41, 5.74) is 0.652. The zero-order chi connectivity index (χ0) is 19.5. The molecule has 3 heterocycles. The Balaban J connectivity index is 1.43. The standard InChI is InChI=1S/C21H28N4O3/c1-23(2)9-4-11-24-12-8-22-20(24)17-5-3-10-25(14-17)21(26)16-6-7-18-19(13-16)28-15-27-18/h6-8,12-13,17H,3-5,9-11,14-15H2,1-2H3. The van der Waals surface area contributed by atoms with Crippen LogP contribution in [-0.4, -0.2) is 65.8 Å². The molecular weight excluding hydrogens is 356 g/mol. The average Bonchev–Trinajstić information content (AvgIpc) is 3.36. The summed E-state index contributed by atoms with van der Waals surface area (Å²) in [6.45, 7) is 3.72. The molecule has 1 aromatic heterocycles. The lowest BCUT2D eigenvalue weighted by molar-refractivity contribution is 0.0703. The zero-order valence-electron chi connectivity index (χ0n) is 16.6. The Kier molecular flexibility index (Phi) is 5.52. The lowest BCUT2D eigenvalue weighted by Gasteiger charge is -2.33. The molecule has 7 nitrogen and oxygen atoms in total. The Morgan fingerprint density at radius 3 is 3.00 bits per heavy atom. The number of aromatic nitrogens is 2. The molecule has 0 spiro atoms. The van der Waals surface area contributed by atoms with Crippen LogP contribution in [0.2, 0.25) is 0 Å². The van der Waals surface area contributed by atoms with Gasteiger partial charge in [-0.3, -0.25) is 4.79 Å². The number of rotatable bonds is 6. The molecule has 1 fully saturated rings. The molecule has 1 saturated heterocycles. The molecule has 1 atom stereocenters. The highest BCUT2D eigenvalue weighted by Gasteiger charge is 2.28. The van der Waals surface area contributed by atoms with Gasteiger partial charge in [0.15, 0.2) is 11.5 Å². The van der Waals surface area contributed by atoms with E-state index < -0.39 is 0 Å². The van der Waals surface area contributed by atoms with E-state index in [0.717, 1.165) is 44.7 Å². The minimum atomic E-state index is 0.0497. The number of aryl methyl sites for hydroxylation is 1. The van der Waals surface area contributed by atoms with Crippen molar-refractivity contribution in [2.45, 2.75) is 31.7 Å². The molecule has 0 bridgehead atoms. The fourth-order valence-electron chi connectivity index (χ4n) is 4.01. The summed E-state index contributed by atoms with van der Waals surface area (Å²) in [6, 6.07) is 5.42. The van der Waals surface area contributed by atoms with Crippen LogP contribution in [0.25, 0.3) is 0 Å². The molecule has 150 valence electrons. The molecule has 28 heavy (non-hydrogen) atoms. The summed E-state index contributed by atoms with van der Waals surface area (Å²) in [6.07, 6.45) is 7.08. The van der Waals surface area contributed by atoms with E-state index in [9.17, 15) is 4.79 Å². The van der Waals surface area contributed by atoms with E-state index in [1.807, 2.05) is 23.2 Å². The van der Waals surface area contributed by atoms with Crippen molar-refractivity contribution in [3.63, 3.8) is 0 Å². The van der Waals surface area contributed by atoms with Crippen LogP contribution in [0.5, 0.6) is 11.5 Å². The summed E-state index contributed by atoms with van der Waals surface area (Å²) in [7, 11) is 4.19. The number of likely N-dealkylation sites (tertiary alicyclic amines) is 1. The van der Waals surface area contributed by atoms with Gasteiger partial charge in [0.25, 0.3) is 5.91 Å². The van der Waals surface area contributed by atoms with Gasteiger partial charge in [-0.2, -0.15) is 0 Å². The number of carbonyl (C=O) groups is 1. The molecular formula is C21H28N4O3. The molecule has 2 aliphatic heterocycles. The predicted molar refractivity (Wildman–Crippen MR) is 106 cm³/mol. The monoisotopic (exact) mass is 384 g/mol. The maximum atomic E-state index is 13.0. The average molecular weight is 384 g/mol. The van der Waals surface area contributed by atoms with E-state index in [4.69, 9.17) is 9.47 Å². The third kappa shape index (κ3) is 3.99. The molecule has 4 rings (SSSR count). The fourth-order valence-corrected chi connectivity index (χ4v) is 4.01. The second-order valence-corrected chi connectivity index (χ2v) is 7.79. The van der Waals surface area contributed by atoms with Crippen molar-refractivity contribution in [2.24, 2.45) is 0 Å². The summed E-state index contributed by atoms with van der Waals surface area (Å²) in [5.74, 6) is 2.78. The van der Waals surface area contributed by atoms with E-state index in [0.29, 0.717) is 23.6 Å². The number of fused-ring (bicyclic) bond motifs is 1. The van der Waals surface area contributed by atoms with Gasteiger partial charge in [-0.25, -0.2) is 4.98 Å². The Morgan fingerprint density at radius 2 is 2.14 bits per heavy atom. The molecule has 1 unspecified atom stereocenters. The Labute approximate surface area is 165 Å². The first-order valence-electron chi connectivity index (χ1n) is 9.96. The van der Waals surface area contributed by atoms with Gasteiger partial charge in [0, 0.05) is 43.5 Å². The Morgan fingerprint density at radius 1 is 1.29 bits per heavy atom. The summed E-state index contributed by atoms with van der Waals surface area (Å²) >= 11 is 0.